The molecule has 0 spiro atoms. The van der Waals surface area contributed by atoms with E-state index in [-0.39, 0.29) is 5.91 Å². The Hall–Kier alpha value is -3.02. The van der Waals surface area contributed by atoms with Crippen LogP contribution < -0.4 is 14.8 Å². The van der Waals surface area contributed by atoms with E-state index in [0.717, 1.165) is 29.7 Å². The molecular weight excluding hydrogens is 342 g/mol. The van der Waals surface area contributed by atoms with E-state index < -0.39 is 0 Å². The minimum atomic E-state index is -0.182. The molecule has 0 atom stereocenters. The third-order valence-corrected chi connectivity index (χ3v) is 3.98. The predicted octanol–water partition coefficient (Wildman–Crippen LogP) is 4.07. The van der Waals surface area contributed by atoms with Crippen LogP contribution in [0.5, 0.6) is 11.5 Å². The Kier molecular flexibility index (Phi) is 6.30. The number of hydrogen-bond acceptors (Lipinski definition) is 4. The number of nitrogens with one attached hydrogen (secondary N) is 2. The zero-order chi connectivity index (χ0) is 19.1. The zero-order valence-electron chi connectivity index (χ0n) is 15.7. The number of fused-ring (bicyclic) bond motifs is 1. The van der Waals surface area contributed by atoms with Gasteiger partial charge in [0, 0.05) is 5.56 Å². The first-order valence-corrected chi connectivity index (χ1v) is 9.32. The summed E-state index contributed by atoms with van der Waals surface area (Å²) < 4.78 is 11.5. The summed E-state index contributed by atoms with van der Waals surface area (Å²) in [6, 6.07) is 13.0. The monoisotopic (exact) mass is 367 g/mol. The molecule has 27 heavy (non-hydrogen) atoms. The number of H-pyrrole nitrogens is 1. The number of carbonyl (C=O) groups excluding carboxylic acids is 1. The highest BCUT2D eigenvalue weighted by molar-refractivity contribution is 5.94. The molecule has 1 heterocycles. The van der Waals surface area contributed by atoms with Crippen molar-refractivity contribution >= 4 is 16.9 Å². The second-order valence-electron chi connectivity index (χ2n) is 6.24. The lowest BCUT2D eigenvalue weighted by atomic mass is 10.2. The fraction of sp³-hybridized carbons (Fsp3) is 0.333. The third kappa shape index (κ3) is 4.78. The van der Waals surface area contributed by atoms with Gasteiger partial charge in [-0.3, -0.25) is 4.79 Å². The Morgan fingerprint density at radius 3 is 2.52 bits per heavy atom. The van der Waals surface area contributed by atoms with E-state index in [4.69, 9.17) is 9.47 Å². The van der Waals surface area contributed by atoms with Crippen molar-refractivity contribution < 1.29 is 14.3 Å². The summed E-state index contributed by atoms with van der Waals surface area (Å²) in [6.45, 7) is 5.60. The van der Waals surface area contributed by atoms with Crippen molar-refractivity contribution in [3.63, 3.8) is 0 Å². The lowest BCUT2D eigenvalue weighted by Gasteiger charge is -2.13. The highest BCUT2D eigenvalue weighted by atomic mass is 16.5. The summed E-state index contributed by atoms with van der Waals surface area (Å²) in [6.07, 6.45) is 1.79. The average Bonchev–Trinajstić information content (AvgIpc) is 3.12. The van der Waals surface area contributed by atoms with Gasteiger partial charge in [0.15, 0.2) is 11.5 Å². The number of ether oxygens (including phenoxy) is 2. The maximum atomic E-state index is 12.5. The molecule has 0 aliphatic heterocycles. The Morgan fingerprint density at radius 2 is 1.78 bits per heavy atom. The third-order valence-electron chi connectivity index (χ3n) is 3.98. The molecule has 0 aliphatic rings. The second kappa shape index (κ2) is 9.07. The molecule has 1 amide bonds. The fourth-order valence-corrected chi connectivity index (χ4v) is 2.66. The van der Waals surface area contributed by atoms with Gasteiger partial charge in [-0.25, -0.2) is 4.98 Å². The number of hydrogen-bond donors (Lipinski definition) is 2. The van der Waals surface area contributed by atoms with Crippen molar-refractivity contribution in [2.24, 2.45) is 0 Å². The molecule has 0 saturated heterocycles. The van der Waals surface area contributed by atoms with E-state index in [2.05, 4.69) is 15.3 Å². The Labute approximate surface area is 158 Å². The maximum absolute atomic E-state index is 12.5. The van der Waals surface area contributed by atoms with E-state index in [1.54, 1.807) is 18.2 Å². The van der Waals surface area contributed by atoms with Gasteiger partial charge in [-0.15, -0.1) is 0 Å². The molecule has 0 aliphatic carbocycles. The number of nitrogens with zero attached hydrogens (tertiary/aromatic N) is 1. The van der Waals surface area contributed by atoms with Crippen LogP contribution in [0.3, 0.4) is 0 Å². The van der Waals surface area contributed by atoms with Crippen LogP contribution in [0.1, 0.15) is 42.9 Å². The van der Waals surface area contributed by atoms with E-state index in [1.165, 1.54) is 0 Å². The summed E-state index contributed by atoms with van der Waals surface area (Å²) in [7, 11) is 0. The van der Waals surface area contributed by atoms with Crippen LogP contribution in [-0.4, -0.2) is 29.1 Å². The summed E-state index contributed by atoms with van der Waals surface area (Å²) in [5.74, 6) is 1.80. The molecule has 6 nitrogen and oxygen atoms in total. The molecule has 0 saturated carbocycles. The molecule has 0 fully saturated rings. The standard InChI is InChI=1S/C21H25N3O3/c1-3-11-26-18-10-9-15(13-19(18)27-12-4-2)21(25)22-14-20-23-16-7-5-6-8-17(16)24-20/h5-10,13H,3-4,11-12,14H2,1-2H3,(H,22,25)(H,23,24). The molecule has 0 radical (unpaired) electrons. The van der Waals surface area contributed by atoms with Gasteiger partial charge in [0.25, 0.3) is 5.91 Å². The van der Waals surface area contributed by atoms with Crippen molar-refractivity contribution in [1.29, 1.82) is 0 Å². The van der Waals surface area contributed by atoms with Crippen molar-refractivity contribution in [3.8, 4) is 11.5 Å². The number of aromatic nitrogens is 2. The van der Waals surface area contributed by atoms with Crippen LogP contribution in [-0.2, 0) is 6.54 Å². The van der Waals surface area contributed by atoms with Gasteiger partial charge in [0.2, 0.25) is 0 Å². The van der Waals surface area contributed by atoms with Gasteiger partial charge in [-0.2, -0.15) is 0 Å². The largest absolute Gasteiger partial charge is 0.490 e. The topological polar surface area (TPSA) is 76.2 Å². The number of benzene rings is 2. The minimum absolute atomic E-state index is 0.182. The van der Waals surface area contributed by atoms with E-state index in [0.29, 0.717) is 36.8 Å². The smallest absolute Gasteiger partial charge is 0.251 e. The average molecular weight is 367 g/mol. The van der Waals surface area contributed by atoms with E-state index in [9.17, 15) is 4.79 Å². The van der Waals surface area contributed by atoms with Crippen LogP contribution in [0, 0.1) is 0 Å². The van der Waals surface area contributed by atoms with E-state index >= 15 is 0 Å². The molecule has 3 aromatic rings. The number of imidazole rings is 1. The summed E-state index contributed by atoms with van der Waals surface area (Å²) >= 11 is 0. The van der Waals surface area contributed by atoms with Crippen molar-refractivity contribution in [2.45, 2.75) is 33.2 Å². The highest BCUT2D eigenvalue weighted by Gasteiger charge is 2.12. The molecular formula is C21H25N3O3. The lowest BCUT2D eigenvalue weighted by molar-refractivity contribution is 0.0949. The molecule has 6 heteroatoms. The molecule has 0 bridgehead atoms. The van der Waals surface area contributed by atoms with Gasteiger partial charge in [-0.1, -0.05) is 26.0 Å². The normalized spacial score (nSPS) is 10.7. The second-order valence-corrected chi connectivity index (χ2v) is 6.24. The summed E-state index contributed by atoms with van der Waals surface area (Å²) in [4.78, 5) is 20.2. The van der Waals surface area contributed by atoms with E-state index in [1.807, 2.05) is 38.1 Å². The lowest BCUT2D eigenvalue weighted by Crippen LogP contribution is -2.23. The van der Waals surface area contributed by atoms with Crippen LogP contribution in [0.4, 0.5) is 0 Å². The van der Waals surface area contributed by atoms with Crippen LogP contribution in [0.15, 0.2) is 42.5 Å². The molecule has 142 valence electrons. The number of para-hydroxylation sites is 2. The molecule has 2 N–H and O–H groups in total. The fourth-order valence-electron chi connectivity index (χ4n) is 2.66. The number of rotatable bonds is 9. The van der Waals surface area contributed by atoms with Crippen molar-refractivity contribution in [1.82, 2.24) is 15.3 Å². The van der Waals surface area contributed by atoms with Crippen molar-refractivity contribution in [2.75, 3.05) is 13.2 Å². The number of aromatic amines is 1. The highest BCUT2D eigenvalue weighted by Crippen LogP contribution is 2.29. The van der Waals surface area contributed by atoms with Gasteiger partial charge in [0.05, 0.1) is 30.8 Å². The van der Waals surface area contributed by atoms with Crippen LogP contribution in [0.25, 0.3) is 11.0 Å². The quantitative estimate of drug-likeness (QED) is 0.598. The number of carbonyl (C=O) groups is 1. The molecule has 1 aromatic heterocycles. The zero-order valence-corrected chi connectivity index (χ0v) is 15.7. The van der Waals surface area contributed by atoms with Gasteiger partial charge >= 0.3 is 0 Å². The molecule has 0 unspecified atom stereocenters. The van der Waals surface area contributed by atoms with Gasteiger partial charge in [-0.05, 0) is 43.2 Å². The molecule has 2 aromatic carbocycles. The van der Waals surface area contributed by atoms with Gasteiger partial charge in [0.1, 0.15) is 5.82 Å². The summed E-state index contributed by atoms with van der Waals surface area (Å²) in [5, 5.41) is 2.89. The number of amides is 1. The van der Waals surface area contributed by atoms with Crippen molar-refractivity contribution in [3.05, 3.63) is 53.9 Å². The predicted molar refractivity (Wildman–Crippen MR) is 105 cm³/mol. The summed E-state index contributed by atoms with van der Waals surface area (Å²) in [5.41, 5.74) is 2.37. The Bertz CT molecular complexity index is 872. The molecule has 3 rings (SSSR count). The van der Waals surface area contributed by atoms with Gasteiger partial charge < -0.3 is 19.8 Å². The first kappa shape index (κ1) is 18.8. The van der Waals surface area contributed by atoms with Crippen LogP contribution in [0.2, 0.25) is 0 Å². The Balaban J connectivity index is 1.69. The van der Waals surface area contributed by atoms with Crippen LogP contribution >= 0.6 is 0 Å². The minimum Gasteiger partial charge on any atom is -0.490 e. The Morgan fingerprint density at radius 1 is 1.04 bits per heavy atom. The first-order valence-electron chi connectivity index (χ1n) is 9.32. The first-order chi connectivity index (χ1) is 13.2. The maximum Gasteiger partial charge on any atom is 0.251 e. The SMILES string of the molecule is CCCOc1ccc(C(=O)NCc2nc3ccccc3[nH]2)cc1OCCC.